The van der Waals surface area contributed by atoms with E-state index in [4.69, 9.17) is 11.6 Å². The monoisotopic (exact) mass is 454 g/mol. The normalized spacial score (nSPS) is 15.6. The van der Waals surface area contributed by atoms with Crippen LogP contribution in [-0.4, -0.2) is 26.9 Å². The Hall–Kier alpha value is -2.83. The van der Waals surface area contributed by atoms with Crippen LogP contribution in [0.3, 0.4) is 0 Å². The summed E-state index contributed by atoms with van der Waals surface area (Å²) < 4.78 is 28.2. The molecule has 0 aromatic heterocycles. The number of para-hydroxylation sites is 2. The van der Waals surface area contributed by atoms with Crippen molar-refractivity contribution in [2.45, 2.75) is 31.2 Å². The molecule has 160 valence electrons. The van der Waals surface area contributed by atoms with Crippen molar-refractivity contribution in [2.75, 3.05) is 15.7 Å². The fraction of sp³-hybridized carbons (Fsp3) is 0.208. The van der Waals surface area contributed by atoms with Crippen LogP contribution in [0, 0.1) is 6.92 Å². The molecule has 0 N–H and O–H groups in total. The lowest BCUT2D eigenvalue weighted by Crippen LogP contribution is -2.45. The van der Waals surface area contributed by atoms with Gasteiger partial charge in [0, 0.05) is 11.7 Å². The van der Waals surface area contributed by atoms with E-state index in [2.05, 4.69) is 0 Å². The summed E-state index contributed by atoms with van der Waals surface area (Å²) in [4.78, 5) is 15.2. The van der Waals surface area contributed by atoms with E-state index < -0.39 is 10.0 Å². The van der Waals surface area contributed by atoms with E-state index in [0.717, 1.165) is 27.5 Å². The van der Waals surface area contributed by atoms with Gasteiger partial charge in [0.25, 0.3) is 10.0 Å². The van der Waals surface area contributed by atoms with E-state index in [1.54, 1.807) is 53.4 Å². The molecule has 1 aliphatic rings. The number of halogens is 1. The van der Waals surface area contributed by atoms with Gasteiger partial charge in [-0.25, -0.2) is 8.42 Å². The minimum absolute atomic E-state index is 0.0555. The smallest absolute Gasteiger partial charge is 0.264 e. The van der Waals surface area contributed by atoms with Gasteiger partial charge in [-0.3, -0.25) is 9.10 Å². The highest BCUT2D eigenvalue weighted by atomic mass is 35.5. The van der Waals surface area contributed by atoms with Crippen molar-refractivity contribution in [2.24, 2.45) is 0 Å². The van der Waals surface area contributed by atoms with Crippen molar-refractivity contribution in [3.63, 3.8) is 0 Å². The topological polar surface area (TPSA) is 57.7 Å². The van der Waals surface area contributed by atoms with Gasteiger partial charge >= 0.3 is 0 Å². The lowest BCUT2D eigenvalue weighted by atomic mass is 10.1. The Balaban J connectivity index is 1.75. The summed E-state index contributed by atoms with van der Waals surface area (Å²) in [5.41, 5.74) is 3.13. The third-order valence-electron chi connectivity index (χ3n) is 5.48. The van der Waals surface area contributed by atoms with Crippen molar-refractivity contribution >= 4 is 38.9 Å². The molecule has 3 aromatic carbocycles. The number of hydrogen-bond acceptors (Lipinski definition) is 3. The van der Waals surface area contributed by atoms with Gasteiger partial charge < -0.3 is 4.90 Å². The van der Waals surface area contributed by atoms with Crippen molar-refractivity contribution in [1.29, 1.82) is 0 Å². The zero-order chi connectivity index (χ0) is 22.2. The fourth-order valence-electron chi connectivity index (χ4n) is 3.94. The van der Waals surface area contributed by atoms with Crippen LogP contribution in [0.2, 0.25) is 5.02 Å². The number of carbonyl (C=O) groups excluding carboxylic acids is 1. The second-order valence-electron chi connectivity index (χ2n) is 7.72. The van der Waals surface area contributed by atoms with E-state index in [1.807, 2.05) is 38.1 Å². The number of nitrogens with zero attached hydrogens (tertiary/aromatic N) is 2. The number of anilines is 2. The third kappa shape index (κ3) is 4.05. The maximum atomic E-state index is 13.6. The van der Waals surface area contributed by atoms with Crippen LogP contribution >= 0.6 is 11.6 Å². The number of fused-ring (bicyclic) bond motifs is 1. The number of hydrogen-bond donors (Lipinski definition) is 0. The van der Waals surface area contributed by atoms with Gasteiger partial charge in [0.1, 0.15) is 6.54 Å². The summed E-state index contributed by atoms with van der Waals surface area (Å²) in [6, 6.07) is 20.9. The second-order valence-corrected chi connectivity index (χ2v) is 9.99. The van der Waals surface area contributed by atoms with Crippen LogP contribution < -0.4 is 9.21 Å². The maximum absolute atomic E-state index is 13.6. The van der Waals surface area contributed by atoms with Gasteiger partial charge in [-0.1, -0.05) is 59.6 Å². The molecule has 31 heavy (non-hydrogen) atoms. The Morgan fingerprint density at radius 3 is 2.39 bits per heavy atom. The Morgan fingerprint density at radius 1 is 1.03 bits per heavy atom. The van der Waals surface area contributed by atoms with Crippen molar-refractivity contribution in [3.8, 4) is 0 Å². The molecule has 0 saturated carbocycles. The second kappa shape index (κ2) is 8.36. The predicted molar refractivity (Wildman–Crippen MR) is 124 cm³/mol. The Morgan fingerprint density at radius 2 is 1.68 bits per heavy atom. The van der Waals surface area contributed by atoms with Gasteiger partial charge in [0.2, 0.25) is 5.91 Å². The van der Waals surface area contributed by atoms with Crippen LogP contribution in [0.4, 0.5) is 11.4 Å². The molecule has 0 bridgehead atoms. The number of aryl methyl sites for hydroxylation is 1. The first-order valence-corrected chi connectivity index (χ1v) is 11.8. The first-order valence-electron chi connectivity index (χ1n) is 10.0. The third-order valence-corrected chi connectivity index (χ3v) is 7.58. The SMILES string of the molecule is Cc1ccc(S(=O)(=O)N(CC(=O)N2c3ccccc3C[C@H]2C)c2ccccc2Cl)cc1. The standard InChI is InChI=1S/C24H23ClN2O3S/c1-17-11-13-20(14-12-17)31(29,30)26(23-10-6-4-8-21(23)25)16-24(28)27-18(2)15-19-7-3-5-9-22(19)27/h3-14,18H,15-16H2,1-2H3/t18-/m1/s1. The number of sulfonamides is 1. The van der Waals surface area contributed by atoms with Gasteiger partial charge in [0.05, 0.1) is 15.6 Å². The summed E-state index contributed by atoms with van der Waals surface area (Å²) in [6.45, 7) is 3.50. The molecular weight excluding hydrogens is 432 g/mol. The number of amides is 1. The van der Waals surface area contributed by atoms with Gasteiger partial charge in [-0.15, -0.1) is 0 Å². The zero-order valence-electron chi connectivity index (χ0n) is 17.3. The first-order chi connectivity index (χ1) is 14.8. The van der Waals surface area contributed by atoms with Crippen LogP contribution in [-0.2, 0) is 21.2 Å². The van der Waals surface area contributed by atoms with E-state index in [-0.39, 0.29) is 34.1 Å². The van der Waals surface area contributed by atoms with Crippen molar-refractivity contribution in [1.82, 2.24) is 0 Å². The Bertz CT molecular complexity index is 1230. The molecule has 0 fully saturated rings. The molecule has 1 aliphatic heterocycles. The molecule has 7 heteroatoms. The lowest BCUT2D eigenvalue weighted by Gasteiger charge is -2.29. The molecule has 0 unspecified atom stereocenters. The van der Waals surface area contributed by atoms with Crippen LogP contribution in [0.1, 0.15) is 18.1 Å². The van der Waals surface area contributed by atoms with Crippen LogP contribution in [0.5, 0.6) is 0 Å². The molecule has 5 nitrogen and oxygen atoms in total. The highest BCUT2D eigenvalue weighted by Gasteiger charge is 2.35. The molecule has 1 amide bonds. The van der Waals surface area contributed by atoms with Gasteiger partial charge in [0.15, 0.2) is 0 Å². The largest absolute Gasteiger partial charge is 0.307 e. The van der Waals surface area contributed by atoms with Crippen LogP contribution in [0.15, 0.2) is 77.7 Å². The molecule has 0 saturated heterocycles. The highest BCUT2D eigenvalue weighted by molar-refractivity contribution is 7.92. The molecule has 3 aromatic rings. The predicted octanol–water partition coefficient (Wildman–Crippen LogP) is 4.82. The first kappa shape index (κ1) is 21.4. The van der Waals surface area contributed by atoms with Crippen molar-refractivity contribution < 1.29 is 13.2 Å². The summed E-state index contributed by atoms with van der Waals surface area (Å²) in [7, 11) is -4.01. The number of benzene rings is 3. The summed E-state index contributed by atoms with van der Waals surface area (Å²) >= 11 is 6.36. The van der Waals surface area contributed by atoms with Crippen LogP contribution in [0.25, 0.3) is 0 Å². The fourth-order valence-corrected chi connectivity index (χ4v) is 5.66. The minimum Gasteiger partial charge on any atom is -0.307 e. The number of carbonyl (C=O) groups is 1. The summed E-state index contributed by atoms with van der Waals surface area (Å²) in [5, 5.41) is 0.265. The van der Waals surface area contributed by atoms with Gasteiger partial charge in [-0.2, -0.15) is 0 Å². The Labute approximate surface area is 187 Å². The zero-order valence-corrected chi connectivity index (χ0v) is 18.9. The average Bonchev–Trinajstić information content (AvgIpc) is 3.08. The molecule has 1 atom stereocenters. The Kier molecular flexibility index (Phi) is 5.77. The van der Waals surface area contributed by atoms with E-state index in [0.29, 0.717) is 0 Å². The van der Waals surface area contributed by atoms with E-state index in [1.165, 1.54) is 0 Å². The molecule has 4 rings (SSSR count). The molecular formula is C24H23ClN2O3S. The van der Waals surface area contributed by atoms with E-state index >= 15 is 0 Å². The summed E-state index contributed by atoms with van der Waals surface area (Å²) in [5.74, 6) is -0.298. The average molecular weight is 455 g/mol. The highest BCUT2D eigenvalue weighted by Crippen LogP contribution is 2.34. The maximum Gasteiger partial charge on any atom is 0.264 e. The molecule has 0 aliphatic carbocycles. The molecule has 0 radical (unpaired) electrons. The minimum atomic E-state index is -4.01. The van der Waals surface area contributed by atoms with Gasteiger partial charge in [-0.05, 0) is 56.2 Å². The molecule has 1 heterocycles. The van der Waals surface area contributed by atoms with E-state index in [9.17, 15) is 13.2 Å². The molecule has 0 spiro atoms. The van der Waals surface area contributed by atoms with Crippen molar-refractivity contribution in [3.05, 3.63) is 88.9 Å². The quantitative estimate of drug-likeness (QED) is 0.555. The summed E-state index contributed by atoms with van der Waals surface area (Å²) in [6.07, 6.45) is 0.735. The number of rotatable bonds is 5. The lowest BCUT2D eigenvalue weighted by molar-refractivity contribution is -0.117.